The van der Waals surface area contributed by atoms with Crippen molar-refractivity contribution in [3.8, 4) is 17.2 Å². The average molecular weight is 387 g/mol. The normalized spacial score (nSPS) is 19.1. The Morgan fingerprint density at radius 2 is 1.61 bits per heavy atom. The summed E-state index contributed by atoms with van der Waals surface area (Å²) in [4.78, 5) is 11.1. The zero-order valence-electron chi connectivity index (χ0n) is 16.1. The third-order valence-electron chi connectivity index (χ3n) is 4.94. The van der Waals surface area contributed by atoms with Crippen LogP contribution in [0.5, 0.6) is 17.2 Å². The molecular weight excluding hydrogens is 362 g/mol. The second-order valence-corrected chi connectivity index (χ2v) is 6.78. The Kier molecular flexibility index (Phi) is 6.71. The predicted molar refractivity (Wildman–Crippen MR) is 104 cm³/mol. The van der Waals surface area contributed by atoms with E-state index in [0.717, 1.165) is 37.0 Å². The minimum absolute atomic E-state index is 0.0313. The summed E-state index contributed by atoms with van der Waals surface area (Å²) in [5, 5.41) is 11.5. The van der Waals surface area contributed by atoms with Crippen molar-refractivity contribution in [3.05, 3.63) is 58.1 Å². The smallest absolute Gasteiger partial charge is 0.314 e. The summed E-state index contributed by atoms with van der Waals surface area (Å²) in [6.07, 6.45) is 3.67. The fraction of sp³-hybridized carbons (Fsp3) is 0.429. The molecule has 150 valence electrons. The first kappa shape index (κ1) is 19.9. The second kappa shape index (κ2) is 9.41. The average Bonchev–Trinajstić information content (AvgIpc) is 2.73. The lowest BCUT2D eigenvalue weighted by Gasteiger charge is -2.27. The molecule has 3 rings (SSSR count). The molecule has 0 heterocycles. The van der Waals surface area contributed by atoms with E-state index in [1.54, 1.807) is 26.4 Å². The van der Waals surface area contributed by atoms with Crippen molar-refractivity contribution < 1.29 is 23.9 Å². The minimum Gasteiger partial charge on any atom is -0.497 e. The van der Waals surface area contributed by atoms with E-state index in [2.05, 4.69) is 0 Å². The van der Waals surface area contributed by atoms with Crippen LogP contribution in [0.3, 0.4) is 0 Å². The standard InChI is InChI=1S/C21H25NO6/c1-25-16-5-3-15(4-6-16)14-27-19-11-12-21(20(13-19)22(23)24)28-18-9-7-17(26-2)8-10-18/h3-6,11-13,17-18H,7-10,14H2,1-2H3/t17-,18-. The Morgan fingerprint density at radius 1 is 0.964 bits per heavy atom. The van der Waals surface area contributed by atoms with Gasteiger partial charge in [-0.3, -0.25) is 10.1 Å². The van der Waals surface area contributed by atoms with Crippen LogP contribution in [0.4, 0.5) is 5.69 Å². The van der Waals surface area contributed by atoms with Gasteiger partial charge < -0.3 is 18.9 Å². The minimum atomic E-state index is -0.434. The molecule has 1 fully saturated rings. The van der Waals surface area contributed by atoms with E-state index in [9.17, 15) is 10.1 Å². The van der Waals surface area contributed by atoms with Crippen LogP contribution in [-0.4, -0.2) is 31.4 Å². The molecule has 7 nitrogen and oxygen atoms in total. The van der Waals surface area contributed by atoms with Gasteiger partial charge in [0.05, 0.1) is 30.3 Å². The van der Waals surface area contributed by atoms with E-state index in [-0.39, 0.29) is 23.6 Å². The first-order chi connectivity index (χ1) is 13.6. The molecule has 28 heavy (non-hydrogen) atoms. The van der Waals surface area contributed by atoms with Crippen molar-refractivity contribution >= 4 is 5.69 Å². The van der Waals surface area contributed by atoms with Gasteiger partial charge in [0.25, 0.3) is 0 Å². The Morgan fingerprint density at radius 3 is 2.21 bits per heavy atom. The van der Waals surface area contributed by atoms with Gasteiger partial charge in [-0.15, -0.1) is 0 Å². The summed E-state index contributed by atoms with van der Waals surface area (Å²) in [6, 6.07) is 12.2. The topological polar surface area (TPSA) is 80.1 Å². The number of methoxy groups -OCH3 is 2. The molecular formula is C21H25NO6. The molecule has 0 radical (unpaired) electrons. The number of rotatable bonds is 8. The lowest BCUT2D eigenvalue weighted by atomic mass is 9.95. The van der Waals surface area contributed by atoms with Crippen molar-refractivity contribution in [2.24, 2.45) is 0 Å². The zero-order chi connectivity index (χ0) is 19.9. The Bertz CT molecular complexity index is 784. The van der Waals surface area contributed by atoms with E-state index < -0.39 is 4.92 Å². The van der Waals surface area contributed by atoms with Crippen molar-refractivity contribution in [1.82, 2.24) is 0 Å². The summed E-state index contributed by atoms with van der Waals surface area (Å²) >= 11 is 0. The van der Waals surface area contributed by atoms with Crippen LogP contribution in [0, 0.1) is 10.1 Å². The van der Waals surface area contributed by atoms with Gasteiger partial charge in [0.15, 0.2) is 5.75 Å². The van der Waals surface area contributed by atoms with E-state index in [0.29, 0.717) is 12.4 Å². The number of hydrogen-bond acceptors (Lipinski definition) is 6. The molecule has 0 unspecified atom stereocenters. The summed E-state index contributed by atoms with van der Waals surface area (Å²) in [6.45, 7) is 0.308. The molecule has 2 aromatic rings. The molecule has 0 saturated heterocycles. The van der Waals surface area contributed by atoms with Gasteiger partial charge in [0.1, 0.15) is 18.1 Å². The molecule has 0 aromatic heterocycles. The van der Waals surface area contributed by atoms with E-state index in [1.165, 1.54) is 6.07 Å². The lowest BCUT2D eigenvalue weighted by molar-refractivity contribution is -0.386. The van der Waals surface area contributed by atoms with E-state index >= 15 is 0 Å². The fourth-order valence-corrected chi connectivity index (χ4v) is 3.28. The van der Waals surface area contributed by atoms with Gasteiger partial charge in [-0.25, -0.2) is 0 Å². The van der Waals surface area contributed by atoms with Crippen molar-refractivity contribution in [2.45, 2.75) is 44.5 Å². The molecule has 0 atom stereocenters. The fourth-order valence-electron chi connectivity index (χ4n) is 3.28. The SMILES string of the molecule is COc1ccc(COc2ccc(O[C@H]3CC[C@H](OC)CC3)c([N+](=O)[O-])c2)cc1. The zero-order valence-corrected chi connectivity index (χ0v) is 16.1. The van der Waals surface area contributed by atoms with Crippen LogP contribution in [0.2, 0.25) is 0 Å². The summed E-state index contributed by atoms with van der Waals surface area (Å²) < 4.78 is 22.1. The number of hydrogen-bond donors (Lipinski definition) is 0. The van der Waals surface area contributed by atoms with Gasteiger partial charge in [0.2, 0.25) is 0 Å². The van der Waals surface area contributed by atoms with Crippen LogP contribution < -0.4 is 14.2 Å². The number of benzene rings is 2. The largest absolute Gasteiger partial charge is 0.497 e. The number of nitrogens with zero attached hydrogens (tertiary/aromatic N) is 1. The molecule has 1 saturated carbocycles. The maximum atomic E-state index is 11.5. The number of ether oxygens (including phenoxy) is 4. The van der Waals surface area contributed by atoms with Crippen LogP contribution >= 0.6 is 0 Å². The first-order valence-corrected chi connectivity index (χ1v) is 9.32. The third kappa shape index (κ3) is 5.13. The van der Waals surface area contributed by atoms with Crippen molar-refractivity contribution in [3.63, 3.8) is 0 Å². The highest BCUT2D eigenvalue weighted by Gasteiger charge is 2.25. The monoisotopic (exact) mass is 387 g/mol. The van der Waals surface area contributed by atoms with Crippen LogP contribution in [0.1, 0.15) is 31.2 Å². The summed E-state index contributed by atoms with van der Waals surface area (Å²) in [5.41, 5.74) is 0.861. The molecule has 1 aliphatic rings. The quantitative estimate of drug-likeness (QED) is 0.489. The first-order valence-electron chi connectivity index (χ1n) is 9.32. The second-order valence-electron chi connectivity index (χ2n) is 6.78. The Balaban J connectivity index is 1.64. The highest BCUT2D eigenvalue weighted by atomic mass is 16.6. The van der Waals surface area contributed by atoms with Crippen molar-refractivity contribution in [1.29, 1.82) is 0 Å². The molecule has 0 aliphatic heterocycles. The molecule has 2 aromatic carbocycles. The maximum Gasteiger partial charge on any atom is 0.314 e. The Labute approximate surface area is 164 Å². The van der Waals surface area contributed by atoms with E-state index in [1.807, 2.05) is 24.3 Å². The predicted octanol–water partition coefficient (Wildman–Crippen LogP) is 4.52. The molecule has 7 heteroatoms. The number of nitro benzene ring substituents is 1. The van der Waals surface area contributed by atoms with Gasteiger partial charge >= 0.3 is 5.69 Å². The third-order valence-corrected chi connectivity index (χ3v) is 4.94. The highest BCUT2D eigenvalue weighted by Crippen LogP contribution is 2.34. The van der Waals surface area contributed by atoms with Gasteiger partial charge in [-0.05, 0) is 55.5 Å². The lowest BCUT2D eigenvalue weighted by Crippen LogP contribution is -2.27. The molecule has 0 bridgehead atoms. The molecule has 1 aliphatic carbocycles. The van der Waals surface area contributed by atoms with Gasteiger partial charge in [-0.1, -0.05) is 12.1 Å². The highest BCUT2D eigenvalue weighted by molar-refractivity contribution is 5.51. The molecule has 0 spiro atoms. The van der Waals surface area contributed by atoms with Crippen LogP contribution in [-0.2, 0) is 11.3 Å². The molecule has 0 amide bonds. The summed E-state index contributed by atoms with van der Waals surface area (Å²) in [5.74, 6) is 1.47. The van der Waals surface area contributed by atoms with Crippen LogP contribution in [0.25, 0.3) is 0 Å². The maximum absolute atomic E-state index is 11.5. The van der Waals surface area contributed by atoms with E-state index in [4.69, 9.17) is 18.9 Å². The number of nitro groups is 1. The van der Waals surface area contributed by atoms with Gasteiger partial charge in [-0.2, -0.15) is 0 Å². The molecule has 0 N–H and O–H groups in total. The van der Waals surface area contributed by atoms with Gasteiger partial charge in [0, 0.05) is 7.11 Å². The van der Waals surface area contributed by atoms with Crippen LogP contribution in [0.15, 0.2) is 42.5 Å². The van der Waals surface area contributed by atoms with Crippen molar-refractivity contribution in [2.75, 3.05) is 14.2 Å². The summed E-state index contributed by atoms with van der Waals surface area (Å²) in [7, 11) is 3.32. The Hall–Kier alpha value is -2.80.